The van der Waals surface area contributed by atoms with Crippen molar-refractivity contribution in [3.8, 4) is 6.07 Å². The minimum absolute atomic E-state index is 0.0369. The number of hydrogen-bond acceptors (Lipinski definition) is 2. The Morgan fingerprint density at radius 2 is 2.06 bits per heavy atom. The van der Waals surface area contributed by atoms with E-state index in [1.165, 1.54) is 6.92 Å². The molecule has 0 fully saturated rings. The molecule has 1 aromatic carbocycles. The Hall–Kier alpha value is -1.35. The number of carbonyl (C=O) groups is 1. The smallest absolute Gasteiger partial charge is 0.298 e. The first-order valence-electron chi connectivity index (χ1n) is 4.53. The molecule has 1 atom stereocenters. The van der Waals surface area contributed by atoms with Crippen LogP contribution in [0.15, 0.2) is 18.2 Å². The zero-order valence-electron chi connectivity index (χ0n) is 8.68. The minimum Gasteiger partial charge on any atom is -0.298 e. The molecule has 17 heavy (non-hydrogen) atoms. The third-order valence-corrected chi connectivity index (χ3v) is 3.27. The molecule has 0 aliphatic rings. The summed E-state index contributed by atoms with van der Waals surface area (Å²) in [4.78, 5) is 10.2. The molecule has 0 aromatic heterocycles. The molecule has 6 heteroatoms. The van der Waals surface area contributed by atoms with Crippen LogP contribution in [0.1, 0.15) is 28.4 Å². The van der Waals surface area contributed by atoms with Crippen molar-refractivity contribution in [2.75, 3.05) is 0 Å². The summed E-state index contributed by atoms with van der Waals surface area (Å²) in [5.74, 6) is -0.360. The highest BCUT2D eigenvalue weighted by atomic mass is 79.9. The molecule has 1 aromatic rings. The average Bonchev–Trinajstić information content (AvgIpc) is 2.25. The van der Waals surface area contributed by atoms with Crippen molar-refractivity contribution in [2.24, 2.45) is 0 Å². The molecule has 0 aliphatic carbocycles. The molecule has 90 valence electrons. The van der Waals surface area contributed by atoms with Crippen molar-refractivity contribution in [1.29, 1.82) is 5.26 Å². The number of rotatable bonds is 2. The van der Waals surface area contributed by atoms with Crippen LogP contribution < -0.4 is 0 Å². The standard InChI is InChI=1S/C11H7BrF3NO/c1-6(17)10(12)9-4-8(11(13,14)15)3-2-7(9)5-16/h2-4,10H,1H3. The molecule has 2 nitrogen and oxygen atoms in total. The topological polar surface area (TPSA) is 40.9 Å². The molecule has 0 bridgehead atoms. The first-order chi connectivity index (χ1) is 7.77. The Bertz CT molecular complexity index is 490. The van der Waals surface area contributed by atoms with E-state index in [9.17, 15) is 18.0 Å². The zero-order chi connectivity index (χ0) is 13.2. The van der Waals surface area contributed by atoms with Crippen molar-refractivity contribution in [2.45, 2.75) is 17.9 Å². The lowest BCUT2D eigenvalue weighted by molar-refractivity contribution is -0.137. The summed E-state index contributed by atoms with van der Waals surface area (Å²) in [5, 5.41) is 8.78. The van der Waals surface area contributed by atoms with Crippen molar-refractivity contribution < 1.29 is 18.0 Å². The number of nitrogens with zero attached hydrogens (tertiary/aromatic N) is 1. The number of benzene rings is 1. The fourth-order valence-corrected chi connectivity index (χ4v) is 1.65. The van der Waals surface area contributed by atoms with Gasteiger partial charge in [-0.1, -0.05) is 15.9 Å². The third-order valence-electron chi connectivity index (χ3n) is 2.13. The number of ketones is 1. The van der Waals surface area contributed by atoms with Crippen LogP contribution in [0, 0.1) is 11.3 Å². The fourth-order valence-electron chi connectivity index (χ4n) is 1.27. The summed E-state index contributed by atoms with van der Waals surface area (Å²) in [6.07, 6.45) is -4.49. The van der Waals surface area contributed by atoms with E-state index < -0.39 is 16.6 Å². The number of hydrogen-bond donors (Lipinski definition) is 0. The van der Waals surface area contributed by atoms with Crippen LogP contribution in [0.25, 0.3) is 0 Å². The summed E-state index contributed by atoms with van der Waals surface area (Å²) in [7, 11) is 0. The lowest BCUT2D eigenvalue weighted by Gasteiger charge is -2.12. The predicted octanol–water partition coefficient (Wildman–Crippen LogP) is 3.60. The average molecular weight is 306 g/mol. The maximum absolute atomic E-state index is 12.5. The van der Waals surface area contributed by atoms with Gasteiger partial charge in [0, 0.05) is 0 Å². The van der Waals surface area contributed by atoms with Gasteiger partial charge in [0.05, 0.1) is 22.0 Å². The van der Waals surface area contributed by atoms with E-state index >= 15 is 0 Å². The second kappa shape index (κ2) is 4.88. The predicted molar refractivity (Wildman–Crippen MR) is 58.5 cm³/mol. The van der Waals surface area contributed by atoms with Gasteiger partial charge in [0.1, 0.15) is 5.78 Å². The van der Waals surface area contributed by atoms with E-state index in [0.717, 1.165) is 18.2 Å². The van der Waals surface area contributed by atoms with E-state index in [-0.39, 0.29) is 16.9 Å². The normalized spacial score (nSPS) is 12.9. The Morgan fingerprint density at radius 3 is 2.47 bits per heavy atom. The van der Waals surface area contributed by atoms with Gasteiger partial charge in [-0.2, -0.15) is 18.4 Å². The van der Waals surface area contributed by atoms with E-state index in [4.69, 9.17) is 5.26 Å². The van der Waals surface area contributed by atoms with Gasteiger partial charge in [-0.15, -0.1) is 0 Å². The SMILES string of the molecule is CC(=O)C(Br)c1cc(C(F)(F)F)ccc1C#N. The van der Waals surface area contributed by atoms with Gasteiger partial charge in [0.15, 0.2) is 0 Å². The Labute approximate surface area is 104 Å². The highest BCUT2D eigenvalue weighted by molar-refractivity contribution is 9.09. The third kappa shape index (κ3) is 3.07. The van der Waals surface area contributed by atoms with Crippen LogP contribution >= 0.6 is 15.9 Å². The van der Waals surface area contributed by atoms with Gasteiger partial charge in [-0.25, -0.2) is 0 Å². The van der Waals surface area contributed by atoms with Crippen LogP contribution in [0.5, 0.6) is 0 Å². The van der Waals surface area contributed by atoms with Crippen LogP contribution in [-0.2, 0) is 11.0 Å². The second-order valence-corrected chi connectivity index (χ2v) is 4.30. The van der Waals surface area contributed by atoms with Crippen LogP contribution in [0.2, 0.25) is 0 Å². The first-order valence-corrected chi connectivity index (χ1v) is 5.44. The summed E-state index contributed by atoms with van der Waals surface area (Å²) >= 11 is 2.97. The zero-order valence-corrected chi connectivity index (χ0v) is 10.3. The molecule has 0 spiro atoms. The van der Waals surface area contributed by atoms with Gasteiger partial charge in [-0.3, -0.25) is 4.79 Å². The van der Waals surface area contributed by atoms with Crippen molar-refractivity contribution in [1.82, 2.24) is 0 Å². The largest absolute Gasteiger partial charge is 0.416 e. The summed E-state index contributed by atoms with van der Waals surface area (Å²) in [6.45, 7) is 1.24. The highest BCUT2D eigenvalue weighted by Gasteiger charge is 2.32. The number of nitriles is 1. The fraction of sp³-hybridized carbons (Fsp3) is 0.273. The Kier molecular flexibility index (Phi) is 3.94. The minimum atomic E-state index is -4.49. The number of alkyl halides is 4. The molecule has 0 amide bonds. The van der Waals surface area contributed by atoms with Gasteiger partial charge >= 0.3 is 6.18 Å². The molecule has 0 aliphatic heterocycles. The van der Waals surface area contributed by atoms with Crippen molar-refractivity contribution in [3.63, 3.8) is 0 Å². The van der Waals surface area contributed by atoms with Gasteiger partial charge in [0.2, 0.25) is 0 Å². The Balaban J connectivity index is 3.36. The maximum Gasteiger partial charge on any atom is 0.416 e. The molecule has 1 unspecified atom stereocenters. The van der Waals surface area contributed by atoms with Crippen molar-refractivity contribution >= 4 is 21.7 Å². The van der Waals surface area contributed by atoms with Crippen molar-refractivity contribution in [3.05, 3.63) is 34.9 Å². The van der Waals surface area contributed by atoms with Gasteiger partial charge in [-0.05, 0) is 30.7 Å². The van der Waals surface area contributed by atoms with Crippen LogP contribution in [0.3, 0.4) is 0 Å². The lowest BCUT2D eigenvalue weighted by atomic mass is 10.00. The number of Topliss-reactive ketones (excluding diaryl/α,β-unsaturated/α-hetero) is 1. The molecule has 0 N–H and O–H groups in total. The maximum atomic E-state index is 12.5. The molecular formula is C11H7BrF3NO. The van der Waals surface area contributed by atoms with Gasteiger partial charge in [0.25, 0.3) is 0 Å². The summed E-state index contributed by atoms with van der Waals surface area (Å²) in [5.41, 5.74) is -0.790. The molecule has 0 radical (unpaired) electrons. The summed E-state index contributed by atoms with van der Waals surface area (Å²) < 4.78 is 37.5. The van der Waals surface area contributed by atoms with Gasteiger partial charge < -0.3 is 0 Å². The number of carbonyl (C=O) groups excluding carboxylic acids is 1. The summed E-state index contributed by atoms with van der Waals surface area (Å²) in [6, 6.07) is 4.47. The Morgan fingerprint density at radius 1 is 1.47 bits per heavy atom. The highest BCUT2D eigenvalue weighted by Crippen LogP contribution is 2.34. The quantitative estimate of drug-likeness (QED) is 0.783. The molecular weight excluding hydrogens is 299 g/mol. The molecule has 1 rings (SSSR count). The molecule has 0 heterocycles. The van der Waals surface area contributed by atoms with E-state index in [1.807, 2.05) is 0 Å². The molecule has 0 saturated carbocycles. The first kappa shape index (κ1) is 13.7. The lowest BCUT2D eigenvalue weighted by Crippen LogP contribution is -2.09. The second-order valence-electron chi connectivity index (χ2n) is 3.38. The van der Waals surface area contributed by atoms with E-state index in [0.29, 0.717) is 0 Å². The van der Waals surface area contributed by atoms with E-state index in [2.05, 4.69) is 15.9 Å². The number of halogens is 4. The molecule has 0 saturated heterocycles. The van der Waals surface area contributed by atoms with Crippen LogP contribution in [-0.4, -0.2) is 5.78 Å². The monoisotopic (exact) mass is 305 g/mol. The van der Waals surface area contributed by atoms with Crippen LogP contribution in [0.4, 0.5) is 13.2 Å². The van der Waals surface area contributed by atoms with E-state index in [1.54, 1.807) is 6.07 Å².